The van der Waals surface area contributed by atoms with Crippen molar-refractivity contribution >= 4 is 39.4 Å². The SMILES string of the molecule is CCc1ncnc2c1ccn2[C@@H]1C=C(CCc2cc(F)c3cc(Cl)c(N)nc3c2)[C@H]2OC(C)(C)O[C@H]21. The minimum absolute atomic E-state index is 0.0687. The molecule has 0 bridgehead atoms. The van der Waals surface area contributed by atoms with Crippen LogP contribution < -0.4 is 5.73 Å². The number of hydrogen-bond acceptors (Lipinski definition) is 6. The van der Waals surface area contributed by atoms with Gasteiger partial charge >= 0.3 is 0 Å². The highest BCUT2D eigenvalue weighted by Crippen LogP contribution is 2.45. The van der Waals surface area contributed by atoms with Gasteiger partial charge in [-0.1, -0.05) is 24.6 Å². The number of nitrogen functional groups attached to an aromatic ring is 1. The van der Waals surface area contributed by atoms with Crippen LogP contribution in [0.5, 0.6) is 0 Å². The number of aryl methyl sites for hydroxylation is 2. The predicted octanol–water partition coefficient (Wildman–Crippen LogP) is 5.55. The molecule has 3 atom stereocenters. The average molecular weight is 508 g/mol. The number of halogens is 2. The molecule has 7 nitrogen and oxygen atoms in total. The summed E-state index contributed by atoms with van der Waals surface area (Å²) in [6.45, 7) is 5.96. The van der Waals surface area contributed by atoms with Gasteiger partial charge in [0.15, 0.2) is 5.79 Å². The number of rotatable bonds is 5. The molecule has 36 heavy (non-hydrogen) atoms. The highest BCUT2D eigenvalue weighted by Gasteiger charge is 2.50. The fourth-order valence-corrected chi connectivity index (χ4v) is 5.61. The van der Waals surface area contributed by atoms with E-state index in [4.69, 9.17) is 26.8 Å². The van der Waals surface area contributed by atoms with Crippen molar-refractivity contribution in [2.24, 2.45) is 0 Å². The second-order valence-corrected chi connectivity index (χ2v) is 10.3. The minimum Gasteiger partial charge on any atom is -0.382 e. The zero-order valence-corrected chi connectivity index (χ0v) is 21.1. The Morgan fingerprint density at radius 2 is 1.97 bits per heavy atom. The molecule has 4 heterocycles. The van der Waals surface area contributed by atoms with E-state index in [0.29, 0.717) is 23.7 Å². The minimum atomic E-state index is -0.699. The van der Waals surface area contributed by atoms with Gasteiger partial charge in [0.05, 0.1) is 22.3 Å². The number of benzene rings is 1. The summed E-state index contributed by atoms with van der Waals surface area (Å²) in [6, 6.07) is 6.93. The Hall–Kier alpha value is -3.07. The van der Waals surface area contributed by atoms with Gasteiger partial charge in [0.2, 0.25) is 0 Å². The van der Waals surface area contributed by atoms with Crippen molar-refractivity contribution in [2.45, 2.75) is 64.1 Å². The summed E-state index contributed by atoms with van der Waals surface area (Å²) in [4.78, 5) is 13.3. The molecule has 6 rings (SSSR count). The molecule has 186 valence electrons. The normalized spacial score (nSPS) is 22.9. The Labute approximate surface area is 213 Å². The van der Waals surface area contributed by atoms with E-state index >= 15 is 0 Å². The van der Waals surface area contributed by atoms with E-state index in [-0.39, 0.29) is 34.9 Å². The molecule has 2 N–H and O–H groups in total. The molecule has 0 spiro atoms. The van der Waals surface area contributed by atoms with Crippen LogP contribution >= 0.6 is 11.6 Å². The number of anilines is 1. The largest absolute Gasteiger partial charge is 0.382 e. The van der Waals surface area contributed by atoms with Crippen molar-refractivity contribution in [1.82, 2.24) is 19.5 Å². The smallest absolute Gasteiger partial charge is 0.164 e. The lowest BCUT2D eigenvalue weighted by molar-refractivity contribution is -0.147. The Morgan fingerprint density at radius 3 is 2.78 bits per heavy atom. The molecule has 4 aromatic rings. The molecule has 1 aliphatic heterocycles. The fourth-order valence-electron chi connectivity index (χ4n) is 5.45. The van der Waals surface area contributed by atoms with Crippen LogP contribution in [0.1, 0.15) is 44.5 Å². The molecule has 0 radical (unpaired) electrons. The lowest BCUT2D eigenvalue weighted by atomic mass is 10.0. The summed E-state index contributed by atoms with van der Waals surface area (Å²) < 4.78 is 29.7. The molecule has 1 saturated heterocycles. The van der Waals surface area contributed by atoms with Crippen LogP contribution in [-0.4, -0.2) is 37.5 Å². The van der Waals surface area contributed by atoms with Crippen molar-refractivity contribution in [3.8, 4) is 0 Å². The fraction of sp³-hybridized carbons (Fsp3) is 0.370. The zero-order valence-electron chi connectivity index (χ0n) is 20.3. The van der Waals surface area contributed by atoms with Crippen LogP contribution in [0.3, 0.4) is 0 Å². The summed E-state index contributed by atoms with van der Waals surface area (Å²) in [5.41, 5.74) is 10.2. The van der Waals surface area contributed by atoms with Crippen LogP contribution in [0.15, 0.2) is 48.4 Å². The molecule has 1 aliphatic carbocycles. The lowest BCUT2D eigenvalue weighted by Crippen LogP contribution is -2.27. The average Bonchev–Trinajstić information content (AvgIpc) is 3.49. The van der Waals surface area contributed by atoms with Gasteiger partial charge < -0.3 is 19.8 Å². The summed E-state index contributed by atoms with van der Waals surface area (Å²) in [6.07, 6.45) is 7.67. The molecular weight excluding hydrogens is 481 g/mol. The molecule has 0 saturated carbocycles. The number of aromatic nitrogens is 4. The van der Waals surface area contributed by atoms with Gasteiger partial charge in [0, 0.05) is 17.0 Å². The van der Waals surface area contributed by atoms with Gasteiger partial charge in [-0.3, -0.25) is 0 Å². The molecule has 1 fully saturated rings. The monoisotopic (exact) mass is 507 g/mol. The first-order valence-corrected chi connectivity index (χ1v) is 12.5. The Kier molecular flexibility index (Phi) is 5.51. The van der Waals surface area contributed by atoms with E-state index in [9.17, 15) is 4.39 Å². The van der Waals surface area contributed by atoms with Crippen molar-refractivity contribution in [1.29, 1.82) is 0 Å². The zero-order chi connectivity index (χ0) is 25.2. The van der Waals surface area contributed by atoms with Gasteiger partial charge in [0.25, 0.3) is 0 Å². The number of fused-ring (bicyclic) bond motifs is 3. The molecular formula is C27H27ClFN5O2. The molecule has 9 heteroatoms. The maximum atomic E-state index is 14.8. The van der Waals surface area contributed by atoms with Crippen LogP contribution in [0.4, 0.5) is 10.2 Å². The standard InChI is InChI=1S/C27H27ClFN5O2/c1-4-20-16-7-8-34(26(16)32-13-31-20)22-11-15(23-24(22)36-27(2,3)35-23)6-5-14-9-19(29)17-12-18(28)25(30)33-21(17)10-14/h7-13,22-24H,4-6H2,1-3H3,(H2,30,33)/t22-,23-,24+/m1/s1. The third kappa shape index (κ3) is 3.84. The van der Waals surface area contributed by atoms with E-state index < -0.39 is 5.79 Å². The Balaban J connectivity index is 1.33. The summed E-state index contributed by atoms with van der Waals surface area (Å²) in [5.74, 6) is -0.868. The number of ether oxygens (including phenoxy) is 2. The quantitative estimate of drug-likeness (QED) is 0.356. The first kappa shape index (κ1) is 23.3. The summed E-state index contributed by atoms with van der Waals surface area (Å²) in [7, 11) is 0. The third-order valence-corrected chi connectivity index (χ3v) is 7.39. The van der Waals surface area contributed by atoms with E-state index in [0.717, 1.165) is 34.3 Å². The number of pyridine rings is 1. The van der Waals surface area contributed by atoms with Crippen molar-refractivity contribution in [3.63, 3.8) is 0 Å². The molecule has 2 aliphatic rings. The highest BCUT2D eigenvalue weighted by atomic mass is 35.5. The van der Waals surface area contributed by atoms with Gasteiger partial charge in [-0.15, -0.1) is 0 Å². The van der Waals surface area contributed by atoms with E-state index in [1.165, 1.54) is 6.07 Å². The topological polar surface area (TPSA) is 88.1 Å². The van der Waals surface area contributed by atoms with Gasteiger partial charge in [-0.25, -0.2) is 19.3 Å². The number of nitrogens with zero attached hydrogens (tertiary/aromatic N) is 4. The molecule has 0 amide bonds. The van der Waals surface area contributed by atoms with Crippen LogP contribution in [0, 0.1) is 5.82 Å². The maximum Gasteiger partial charge on any atom is 0.164 e. The van der Waals surface area contributed by atoms with E-state index in [2.05, 4.69) is 38.6 Å². The van der Waals surface area contributed by atoms with Crippen molar-refractivity contribution < 1.29 is 13.9 Å². The summed E-state index contributed by atoms with van der Waals surface area (Å²) >= 11 is 6.03. The van der Waals surface area contributed by atoms with Crippen molar-refractivity contribution in [2.75, 3.05) is 5.73 Å². The second-order valence-electron chi connectivity index (χ2n) is 9.89. The maximum absolute atomic E-state index is 14.8. The predicted molar refractivity (Wildman–Crippen MR) is 137 cm³/mol. The van der Waals surface area contributed by atoms with Crippen LogP contribution in [0.25, 0.3) is 21.9 Å². The van der Waals surface area contributed by atoms with Gasteiger partial charge in [-0.05, 0) is 68.5 Å². The van der Waals surface area contributed by atoms with E-state index in [1.54, 1.807) is 12.4 Å². The Morgan fingerprint density at radius 1 is 1.14 bits per heavy atom. The van der Waals surface area contributed by atoms with E-state index in [1.807, 2.05) is 26.1 Å². The first-order chi connectivity index (χ1) is 17.2. The second kappa shape index (κ2) is 8.50. The third-order valence-electron chi connectivity index (χ3n) is 7.09. The van der Waals surface area contributed by atoms with Crippen LogP contribution in [-0.2, 0) is 22.3 Å². The molecule has 3 aromatic heterocycles. The Bertz CT molecular complexity index is 1530. The van der Waals surface area contributed by atoms with Gasteiger partial charge in [0.1, 0.15) is 35.8 Å². The number of nitrogens with two attached hydrogens (primary N) is 1. The molecule has 0 unspecified atom stereocenters. The summed E-state index contributed by atoms with van der Waals surface area (Å²) in [5, 5.41) is 1.66. The number of hydrogen-bond donors (Lipinski definition) is 1. The highest BCUT2D eigenvalue weighted by molar-refractivity contribution is 6.33. The lowest BCUT2D eigenvalue weighted by Gasteiger charge is -2.22. The van der Waals surface area contributed by atoms with Crippen LogP contribution in [0.2, 0.25) is 5.02 Å². The first-order valence-electron chi connectivity index (χ1n) is 12.1. The van der Waals surface area contributed by atoms with Gasteiger partial charge in [-0.2, -0.15) is 0 Å². The molecule has 1 aromatic carbocycles. The van der Waals surface area contributed by atoms with Crippen molar-refractivity contribution in [3.05, 3.63) is 70.5 Å².